The van der Waals surface area contributed by atoms with Crippen molar-refractivity contribution in [2.75, 3.05) is 38.5 Å². The van der Waals surface area contributed by atoms with Crippen LogP contribution in [0.25, 0.3) is 20.2 Å². The summed E-state index contributed by atoms with van der Waals surface area (Å²) in [5, 5.41) is 4.93. The average Bonchev–Trinajstić information content (AvgIpc) is 2.72. The fourth-order valence-electron chi connectivity index (χ4n) is 3.42. The second-order valence-corrected chi connectivity index (χ2v) is 7.93. The third-order valence-corrected chi connectivity index (χ3v) is 6.29. The molecular formula is C22H27N3O2S. The lowest BCUT2D eigenvalue weighted by Gasteiger charge is -2.20. The van der Waals surface area contributed by atoms with Gasteiger partial charge in [0.2, 0.25) is 6.41 Å². The minimum atomic E-state index is 0.0466. The van der Waals surface area contributed by atoms with Crippen molar-refractivity contribution in [3.63, 3.8) is 0 Å². The third kappa shape index (κ3) is 4.18. The van der Waals surface area contributed by atoms with E-state index in [1.807, 2.05) is 36.4 Å². The number of likely N-dealkylation sites (N-methyl/N-ethyl adjacent to an activating group) is 1. The quantitative estimate of drug-likeness (QED) is 0.441. The molecule has 0 saturated heterocycles. The van der Waals surface area contributed by atoms with Crippen LogP contribution in [-0.4, -0.2) is 49.4 Å². The van der Waals surface area contributed by atoms with Crippen molar-refractivity contribution in [2.45, 2.75) is 20.4 Å². The van der Waals surface area contributed by atoms with Crippen LogP contribution in [0.3, 0.4) is 0 Å². The summed E-state index contributed by atoms with van der Waals surface area (Å²) in [6, 6.07) is 11.7. The summed E-state index contributed by atoms with van der Waals surface area (Å²) < 4.78 is 1.92. The molecule has 0 aliphatic heterocycles. The second-order valence-electron chi connectivity index (χ2n) is 6.88. The molecule has 1 heterocycles. The highest BCUT2D eigenvalue weighted by Gasteiger charge is 2.14. The van der Waals surface area contributed by atoms with E-state index in [9.17, 15) is 9.59 Å². The normalized spacial score (nSPS) is 11.3. The van der Waals surface area contributed by atoms with Crippen molar-refractivity contribution >= 4 is 43.6 Å². The Morgan fingerprint density at radius 3 is 2.57 bits per heavy atom. The number of amides is 1. The maximum atomic E-state index is 13.3. The average molecular weight is 398 g/mol. The number of benzene rings is 2. The topological polar surface area (TPSA) is 52.6 Å². The van der Waals surface area contributed by atoms with Crippen molar-refractivity contribution < 1.29 is 4.79 Å². The zero-order valence-electron chi connectivity index (χ0n) is 16.7. The number of carbonyl (C=O) groups is 1. The predicted octanol–water partition coefficient (Wildman–Crippen LogP) is 3.76. The molecule has 0 spiro atoms. The molecule has 2 aromatic carbocycles. The van der Waals surface area contributed by atoms with Crippen LogP contribution < -0.4 is 10.7 Å². The molecule has 0 aliphatic carbocycles. The van der Waals surface area contributed by atoms with E-state index in [4.69, 9.17) is 0 Å². The third-order valence-electron chi connectivity index (χ3n) is 5.05. The number of nitrogens with one attached hydrogen (secondary N) is 1. The van der Waals surface area contributed by atoms with Crippen molar-refractivity contribution in [3.8, 4) is 0 Å². The Morgan fingerprint density at radius 1 is 1.11 bits per heavy atom. The van der Waals surface area contributed by atoms with E-state index in [0.717, 1.165) is 64.0 Å². The van der Waals surface area contributed by atoms with Gasteiger partial charge >= 0.3 is 0 Å². The lowest BCUT2D eigenvalue weighted by atomic mass is 10.1. The molecule has 0 fully saturated rings. The molecule has 0 bridgehead atoms. The van der Waals surface area contributed by atoms with Crippen LogP contribution in [0.1, 0.15) is 19.4 Å². The molecule has 1 N–H and O–H groups in total. The molecule has 0 atom stereocenters. The van der Waals surface area contributed by atoms with Gasteiger partial charge in [-0.05, 0) is 36.9 Å². The van der Waals surface area contributed by atoms with E-state index in [1.54, 1.807) is 23.3 Å². The minimum absolute atomic E-state index is 0.0466. The first-order valence-electron chi connectivity index (χ1n) is 9.68. The van der Waals surface area contributed by atoms with E-state index in [1.165, 1.54) is 0 Å². The van der Waals surface area contributed by atoms with E-state index in [-0.39, 0.29) is 5.43 Å². The Labute approximate surface area is 169 Å². The fourth-order valence-corrected chi connectivity index (χ4v) is 4.63. The standard InChI is InChI=1S/C22H27N3O2S/c1-4-25(5-2)13-12-23-18-11-10-16(14-24(3)15-26)22-20(18)21(27)17-8-6-7-9-19(17)28-22/h6-11,15,23H,4-5,12-14H2,1-3H3. The monoisotopic (exact) mass is 397 g/mol. The predicted molar refractivity (Wildman–Crippen MR) is 119 cm³/mol. The molecular weight excluding hydrogens is 370 g/mol. The molecule has 148 valence electrons. The molecule has 0 radical (unpaired) electrons. The lowest BCUT2D eigenvalue weighted by Crippen LogP contribution is -2.28. The molecule has 3 rings (SSSR count). The SMILES string of the molecule is CCN(CC)CCNc1ccc(CN(C)C=O)c2sc3ccccc3c(=O)c12. The van der Waals surface area contributed by atoms with Crippen LogP contribution in [0.2, 0.25) is 0 Å². The smallest absolute Gasteiger partial charge is 0.209 e. The summed E-state index contributed by atoms with van der Waals surface area (Å²) in [6.45, 7) is 8.51. The van der Waals surface area contributed by atoms with Gasteiger partial charge in [-0.15, -0.1) is 11.3 Å². The molecule has 0 saturated carbocycles. The van der Waals surface area contributed by atoms with Gasteiger partial charge in [0, 0.05) is 47.2 Å². The van der Waals surface area contributed by atoms with E-state index in [0.29, 0.717) is 6.54 Å². The van der Waals surface area contributed by atoms with Crippen molar-refractivity contribution in [1.82, 2.24) is 9.80 Å². The molecule has 1 amide bonds. The first kappa shape index (κ1) is 20.3. The van der Waals surface area contributed by atoms with Gasteiger partial charge < -0.3 is 15.1 Å². The highest BCUT2D eigenvalue weighted by atomic mass is 32.1. The number of nitrogens with zero attached hydrogens (tertiary/aromatic N) is 2. The van der Waals surface area contributed by atoms with Crippen LogP contribution in [0.15, 0.2) is 41.2 Å². The maximum absolute atomic E-state index is 13.3. The Balaban J connectivity index is 2.09. The zero-order chi connectivity index (χ0) is 20.1. The van der Waals surface area contributed by atoms with Crippen molar-refractivity contribution in [2.24, 2.45) is 0 Å². The molecule has 3 aromatic rings. The molecule has 28 heavy (non-hydrogen) atoms. The highest BCUT2D eigenvalue weighted by Crippen LogP contribution is 2.32. The van der Waals surface area contributed by atoms with Crippen LogP contribution >= 0.6 is 11.3 Å². The number of fused-ring (bicyclic) bond motifs is 2. The summed E-state index contributed by atoms with van der Waals surface area (Å²) in [6.07, 6.45) is 0.811. The maximum Gasteiger partial charge on any atom is 0.209 e. The summed E-state index contributed by atoms with van der Waals surface area (Å²) in [7, 11) is 1.75. The van der Waals surface area contributed by atoms with Crippen LogP contribution in [-0.2, 0) is 11.3 Å². The summed E-state index contributed by atoms with van der Waals surface area (Å²) >= 11 is 1.61. The first-order chi connectivity index (χ1) is 13.6. The van der Waals surface area contributed by atoms with Gasteiger partial charge in [-0.1, -0.05) is 32.0 Å². The lowest BCUT2D eigenvalue weighted by molar-refractivity contribution is -0.117. The number of carbonyl (C=O) groups excluding carboxylic acids is 1. The molecule has 1 aromatic heterocycles. The van der Waals surface area contributed by atoms with E-state index >= 15 is 0 Å². The van der Waals surface area contributed by atoms with Gasteiger partial charge in [0.05, 0.1) is 5.39 Å². The number of hydrogen-bond acceptors (Lipinski definition) is 5. The first-order valence-corrected chi connectivity index (χ1v) is 10.5. The van der Waals surface area contributed by atoms with Gasteiger partial charge in [0.25, 0.3) is 0 Å². The van der Waals surface area contributed by atoms with Crippen LogP contribution in [0.5, 0.6) is 0 Å². The van der Waals surface area contributed by atoms with Crippen LogP contribution in [0.4, 0.5) is 5.69 Å². The summed E-state index contributed by atoms with van der Waals surface area (Å²) in [5.41, 5.74) is 1.91. The largest absolute Gasteiger partial charge is 0.383 e. The van der Waals surface area contributed by atoms with Gasteiger partial charge in [0.15, 0.2) is 5.43 Å². The Bertz CT molecular complexity index is 1030. The highest BCUT2D eigenvalue weighted by molar-refractivity contribution is 7.24. The number of anilines is 1. The second kappa shape index (κ2) is 9.17. The van der Waals surface area contributed by atoms with Crippen molar-refractivity contribution in [1.29, 1.82) is 0 Å². The Kier molecular flexibility index (Phi) is 6.65. The van der Waals surface area contributed by atoms with Gasteiger partial charge in [0.1, 0.15) is 0 Å². The Hall–Kier alpha value is -2.44. The molecule has 5 nitrogen and oxygen atoms in total. The Morgan fingerprint density at radius 2 is 1.86 bits per heavy atom. The van der Waals surface area contributed by atoms with E-state index in [2.05, 4.69) is 24.1 Å². The van der Waals surface area contributed by atoms with Gasteiger partial charge in [-0.3, -0.25) is 9.59 Å². The van der Waals surface area contributed by atoms with Gasteiger partial charge in [-0.25, -0.2) is 0 Å². The van der Waals surface area contributed by atoms with E-state index < -0.39 is 0 Å². The number of hydrogen-bond donors (Lipinski definition) is 1. The fraction of sp³-hybridized carbons (Fsp3) is 0.364. The molecule has 0 unspecified atom stereocenters. The van der Waals surface area contributed by atoms with Crippen molar-refractivity contribution in [3.05, 3.63) is 52.2 Å². The minimum Gasteiger partial charge on any atom is -0.383 e. The molecule has 0 aliphatic rings. The number of rotatable bonds is 9. The summed E-state index contributed by atoms with van der Waals surface area (Å²) in [5.74, 6) is 0. The van der Waals surface area contributed by atoms with Gasteiger partial charge in [-0.2, -0.15) is 0 Å². The van der Waals surface area contributed by atoms with Crippen LogP contribution in [0, 0.1) is 0 Å². The molecule has 6 heteroatoms. The zero-order valence-corrected chi connectivity index (χ0v) is 17.5. The summed E-state index contributed by atoms with van der Waals surface area (Å²) in [4.78, 5) is 28.3.